The summed E-state index contributed by atoms with van der Waals surface area (Å²) in [5.74, 6) is 1.84. The van der Waals surface area contributed by atoms with Gasteiger partial charge in [-0.3, -0.25) is 18.3 Å². The molecule has 0 saturated carbocycles. The summed E-state index contributed by atoms with van der Waals surface area (Å²) in [7, 11) is 0. The molecule has 10 aromatic heterocycles. The van der Waals surface area contributed by atoms with Crippen LogP contribution in [-0.2, 0) is 0 Å². The molecule has 12 nitrogen and oxygen atoms in total. The van der Waals surface area contributed by atoms with Gasteiger partial charge in [-0.1, -0.05) is 291 Å². The summed E-state index contributed by atoms with van der Waals surface area (Å²) in [5, 5.41) is 16.8. The maximum Gasteiger partial charge on any atom is 0.238 e. The zero-order valence-corrected chi connectivity index (χ0v) is 70.2. The molecule has 17 aromatic carbocycles. The molecular formula is C118H76N12. The van der Waals surface area contributed by atoms with E-state index < -0.39 is 0 Å². The molecule has 0 radical (unpaired) electrons. The van der Waals surface area contributed by atoms with Crippen LogP contribution in [0.1, 0.15) is 0 Å². The lowest BCUT2D eigenvalue weighted by atomic mass is 9.99. The minimum atomic E-state index is 0.578. The molecule has 0 N–H and O–H groups in total. The second-order valence-electron chi connectivity index (χ2n) is 32.9. The van der Waals surface area contributed by atoms with E-state index in [2.05, 4.69) is 404 Å². The number of para-hydroxylation sites is 10. The Labute approximate surface area is 746 Å². The summed E-state index contributed by atoms with van der Waals surface area (Å²) in [6, 6.07) is 156. The van der Waals surface area contributed by atoms with Gasteiger partial charge in [-0.2, -0.15) is 9.97 Å². The highest BCUT2D eigenvalue weighted by Crippen LogP contribution is 2.46. The Morgan fingerprint density at radius 2 is 0.438 bits per heavy atom. The van der Waals surface area contributed by atoms with Crippen LogP contribution in [0.2, 0.25) is 0 Å². The van der Waals surface area contributed by atoms with Crippen molar-refractivity contribution in [3.8, 4) is 90.5 Å². The minimum Gasteiger partial charge on any atom is -0.309 e. The van der Waals surface area contributed by atoms with Crippen LogP contribution < -0.4 is 0 Å². The van der Waals surface area contributed by atoms with Gasteiger partial charge in [0.05, 0.1) is 49.7 Å². The number of hydrogen-bond donors (Lipinski definition) is 0. The van der Waals surface area contributed by atoms with Crippen molar-refractivity contribution in [3.05, 3.63) is 461 Å². The first-order chi connectivity index (χ1) is 64.5. The Morgan fingerprint density at radius 1 is 0.162 bits per heavy atom. The van der Waals surface area contributed by atoms with Crippen LogP contribution in [0.25, 0.3) is 233 Å². The van der Waals surface area contributed by atoms with Crippen LogP contribution in [0.3, 0.4) is 0 Å². The molecule has 0 fully saturated rings. The summed E-state index contributed by atoms with van der Waals surface area (Å²) < 4.78 is 13.7. The Kier molecular flexibility index (Phi) is 18.0. The summed E-state index contributed by atoms with van der Waals surface area (Å²) in [5.41, 5.74) is 27.8. The number of hydrogen-bond acceptors (Lipinski definition) is 6. The number of nitrogens with zero attached hydrogens (tertiary/aromatic N) is 12. The quantitative estimate of drug-likeness (QED) is 0.128. The van der Waals surface area contributed by atoms with Gasteiger partial charge in [0.15, 0.2) is 11.6 Å². The lowest BCUT2D eigenvalue weighted by molar-refractivity contribution is 0.953. The Bertz CT molecular complexity index is 9050. The van der Waals surface area contributed by atoms with Crippen LogP contribution in [0, 0.1) is 0 Å². The molecule has 0 aliphatic heterocycles. The average Bonchev–Trinajstić information content (AvgIpc) is 1.57. The molecule has 0 spiro atoms. The van der Waals surface area contributed by atoms with E-state index in [1.807, 2.05) is 85.3 Å². The van der Waals surface area contributed by atoms with E-state index in [-0.39, 0.29) is 0 Å². The van der Waals surface area contributed by atoms with E-state index in [0.29, 0.717) is 17.6 Å². The van der Waals surface area contributed by atoms with Gasteiger partial charge in [0, 0.05) is 123 Å². The molecule has 0 saturated heterocycles. The van der Waals surface area contributed by atoms with E-state index in [4.69, 9.17) is 29.9 Å². The predicted molar refractivity (Wildman–Crippen MR) is 537 cm³/mol. The van der Waals surface area contributed by atoms with Crippen molar-refractivity contribution in [2.45, 2.75) is 0 Å². The van der Waals surface area contributed by atoms with Crippen LogP contribution in [0.15, 0.2) is 461 Å². The van der Waals surface area contributed by atoms with Gasteiger partial charge in [-0.05, 0) is 196 Å². The number of benzene rings is 17. The van der Waals surface area contributed by atoms with E-state index in [1.165, 1.54) is 115 Å². The molecule has 12 heteroatoms. The summed E-state index contributed by atoms with van der Waals surface area (Å²) in [6.45, 7) is 0. The van der Waals surface area contributed by atoms with E-state index >= 15 is 0 Å². The van der Waals surface area contributed by atoms with E-state index in [1.54, 1.807) is 0 Å². The third kappa shape index (κ3) is 12.4. The maximum atomic E-state index is 5.09. The first-order valence-electron chi connectivity index (χ1n) is 43.9. The highest BCUT2D eigenvalue weighted by Gasteiger charge is 2.26. The molecule has 130 heavy (non-hydrogen) atoms. The van der Waals surface area contributed by atoms with Crippen LogP contribution in [-0.4, -0.2) is 57.3 Å². The van der Waals surface area contributed by atoms with Gasteiger partial charge in [0.2, 0.25) is 5.95 Å². The van der Waals surface area contributed by atoms with Crippen molar-refractivity contribution >= 4 is 142 Å². The second-order valence-corrected chi connectivity index (χ2v) is 32.9. The number of aromatic nitrogens is 12. The molecule has 27 rings (SSSR count). The molecule has 608 valence electrons. The highest BCUT2D eigenvalue weighted by molar-refractivity contribution is 6.20. The SMILES string of the molecule is c1ccc(-c2nc(-c3ccccc3)nc(-n3c4ccccc4c4cc(-c5ccnc6c5c5ccccc5n6-c5ccccc5)ccc43)n2)cc1.c1ccc(-n2c3ccccc3c3c(-c4ccc5c(c4)c4ccccc4n5-c4ccc5ccccc5c4)ccnc32)cc1.c1ccc(-n2c3ccccc3c3cc(-c4ccnc5c4c4ccccc4n5-c4ccccc4)ccc32)cc1. The van der Waals surface area contributed by atoms with Crippen LogP contribution in [0.4, 0.5) is 0 Å². The Balaban J connectivity index is 0.000000106. The molecule has 0 aliphatic rings. The van der Waals surface area contributed by atoms with Gasteiger partial charge >= 0.3 is 0 Å². The third-order valence-corrected chi connectivity index (χ3v) is 25.6. The molecule has 0 aliphatic carbocycles. The Hall–Kier alpha value is -17.7. The molecule has 10 heterocycles. The smallest absolute Gasteiger partial charge is 0.238 e. The molecule has 0 unspecified atom stereocenters. The number of fused-ring (bicyclic) bond motifs is 19. The van der Waals surface area contributed by atoms with Crippen molar-refractivity contribution in [2.24, 2.45) is 0 Å². The third-order valence-electron chi connectivity index (χ3n) is 25.6. The van der Waals surface area contributed by atoms with Gasteiger partial charge in [-0.15, -0.1) is 0 Å². The standard InChI is InChI=1S/C44H28N6.C39H25N3.C35H23N3/c1-4-14-29(15-5-1)41-46-42(30-16-6-2-7-17-30)48-44(47-41)50-37-22-12-10-20-34(37)36-28-31(24-25-39(36)50)33-26-27-45-43-40(33)35-21-11-13-23-38(35)49(43)32-18-8-3-9-19-32;1-2-12-29(13-3-1)42-36-17-9-7-15-33(36)38-31(22-23-40-39(38)42)28-19-21-37-34(25-28)32-14-6-8-16-35(32)41(37)30-20-18-26-10-4-5-11-27(26)24-30;1-3-11-25(12-4-1)37-31-17-9-7-15-28(31)30-23-24(19-20-33(30)37)27-21-22-36-35-34(27)29-16-8-10-18-32(29)38(35)26-13-5-2-6-14-26/h1-28H;1-25H;1-23H. The van der Waals surface area contributed by atoms with Gasteiger partial charge in [0.25, 0.3) is 0 Å². The second kappa shape index (κ2) is 31.2. The zero-order chi connectivity index (χ0) is 85.7. The first-order valence-corrected chi connectivity index (χ1v) is 43.9. The van der Waals surface area contributed by atoms with Crippen LogP contribution in [0.5, 0.6) is 0 Å². The van der Waals surface area contributed by atoms with Crippen molar-refractivity contribution < 1.29 is 0 Å². The highest BCUT2D eigenvalue weighted by atomic mass is 15.2. The summed E-state index contributed by atoms with van der Waals surface area (Å²) in [4.78, 5) is 29.9. The molecular weight excluding hydrogens is 1590 g/mol. The minimum absolute atomic E-state index is 0.578. The summed E-state index contributed by atoms with van der Waals surface area (Å²) >= 11 is 0. The average molecular weight is 1660 g/mol. The number of rotatable bonds is 11. The van der Waals surface area contributed by atoms with Gasteiger partial charge < -0.3 is 9.13 Å². The zero-order valence-electron chi connectivity index (χ0n) is 70.2. The first kappa shape index (κ1) is 74.8. The van der Waals surface area contributed by atoms with Crippen molar-refractivity contribution in [3.63, 3.8) is 0 Å². The fraction of sp³-hybridized carbons (Fsp3) is 0. The lowest BCUT2D eigenvalue weighted by Gasteiger charge is -2.11. The van der Waals surface area contributed by atoms with Crippen molar-refractivity contribution in [1.29, 1.82) is 0 Å². The topological polar surface area (TPSA) is 107 Å². The van der Waals surface area contributed by atoms with Crippen molar-refractivity contribution in [2.75, 3.05) is 0 Å². The largest absolute Gasteiger partial charge is 0.309 e. The lowest BCUT2D eigenvalue weighted by Crippen LogP contribution is -2.06. The predicted octanol–water partition coefficient (Wildman–Crippen LogP) is 29.5. The monoisotopic (exact) mass is 1660 g/mol. The Morgan fingerprint density at radius 3 is 0.808 bits per heavy atom. The fourth-order valence-electron chi connectivity index (χ4n) is 19.9. The molecule has 0 atom stereocenters. The maximum absolute atomic E-state index is 5.09. The fourth-order valence-corrected chi connectivity index (χ4v) is 19.9. The summed E-state index contributed by atoms with van der Waals surface area (Å²) in [6.07, 6.45) is 5.80. The van der Waals surface area contributed by atoms with Crippen molar-refractivity contribution in [1.82, 2.24) is 57.3 Å². The normalized spacial score (nSPS) is 11.7. The van der Waals surface area contributed by atoms with Gasteiger partial charge in [-0.25, -0.2) is 19.9 Å². The molecule has 0 amide bonds. The number of pyridine rings is 3. The van der Waals surface area contributed by atoms with E-state index in [0.717, 1.165) is 100.0 Å². The van der Waals surface area contributed by atoms with Gasteiger partial charge in [0.1, 0.15) is 16.9 Å². The van der Waals surface area contributed by atoms with E-state index in [9.17, 15) is 0 Å². The molecule has 0 bridgehead atoms. The van der Waals surface area contributed by atoms with Crippen LogP contribution >= 0.6 is 0 Å². The molecule has 27 aromatic rings.